The van der Waals surface area contributed by atoms with Gasteiger partial charge in [0.2, 0.25) is 11.9 Å². The summed E-state index contributed by atoms with van der Waals surface area (Å²) in [5.41, 5.74) is 1.73. The summed E-state index contributed by atoms with van der Waals surface area (Å²) in [7, 11) is 0. The highest BCUT2D eigenvalue weighted by molar-refractivity contribution is 6.42. The standard InChI is InChI=1S/C25H18Cl2O5/c1-2-30-25(29)24(16-6-4-3-5-7-16)31-17-9-10-18-21(14-17)32-22(23(18)28)13-15-8-11-19(26)20(27)12-15/h3-14,24H,2H2,1H3. The number of Topliss-reactive ketones (excluding diaryl/α,β-unsaturated/α-hetero) is 1. The average molecular weight is 469 g/mol. The van der Waals surface area contributed by atoms with Crippen molar-refractivity contribution in [3.05, 3.63) is 99.2 Å². The number of halogens is 2. The van der Waals surface area contributed by atoms with E-state index in [1.54, 1.807) is 61.5 Å². The van der Waals surface area contributed by atoms with Crippen molar-refractivity contribution < 1.29 is 23.8 Å². The summed E-state index contributed by atoms with van der Waals surface area (Å²) < 4.78 is 16.9. The van der Waals surface area contributed by atoms with E-state index in [0.717, 1.165) is 0 Å². The van der Waals surface area contributed by atoms with Gasteiger partial charge in [-0.05, 0) is 42.8 Å². The van der Waals surface area contributed by atoms with Crippen LogP contribution in [0.2, 0.25) is 10.0 Å². The largest absolute Gasteiger partial charge is 0.474 e. The summed E-state index contributed by atoms with van der Waals surface area (Å²) in [6.45, 7) is 1.97. The lowest BCUT2D eigenvalue weighted by molar-refractivity contribution is -0.151. The Balaban J connectivity index is 1.59. The predicted molar refractivity (Wildman–Crippen MR) is 122 cm³/mol. The maximum absolute atomic E-state index is 12.7. The second-order valence-corrected chi connectivity index (χ2v) is 7.75. The van der Waals surface area contributed by atoms with Crippen LogP contribution < -0.4 is 9.47 Å². The van der Waals surface area contributed by atoms with Crippen LogP contribution in [0.5, 0.6) is 11.5 Å². The van der Waals surface area contributed by atoms with Gasteiger partial charge in [-0.3, -0.25) is 4.79 Å². The lowest BCUT2D eigenvalue weighted by Gasteiger charge is -2.18. The zero-order chi connectivity index (χ0) is 22.7. The Morgan fingerprint density at radius 3 is 2.53 bits per heavy atom. The van der Waals surface area contributed by atoms with Crippen LogP contribution in [0.1, 0.15) is 34.5 Å². The van der Waals surface area contributed by atoms with Crippen LogP contribution >= 0.6 is 23.2 Å². The number of ketones is 1. The summed E-state index contributed by atoms with van der Waals surface area (Å²) in [5, 5.41) is 0.803. The third-order valence-electron chi connectivity index (χ3n) is 4.74. The Morgan fingerprint density at radius 1 is 1.03 bits per heavy atom. The van der Waals surface area contributed by atoms with E-state index in [1.165, 1.54) is 0 Å². The molecule has 0 amide bonds. The fraction of sp³-hybridized carbons (Fsp3) is 0.120. The number of fused-ring (bicyclic) bond motifs is 1. The van der Waals surface area contributed by atoms with Crippen LogP contribution in [0, 0.1) is 0 Å². The van der Waals surface area contributed by atoms with E-state index in [4.69, 9.17) is 37.4 Å². The minimum atomic E-state index is -0.947. The van der Waals surface area contributed by atoms with Gasteiger partial charge >= 0.3 is 5.97 Å². The van der Waals surface area contributed by atoms with Gasteiger partial charge in [-0.2, -0.15) is 0 Å². The van der Waals surface area contributed by atoms with Gasteiger partial charge in [0.05, 0.1) is 22.2 Å². The number of rotatable bonds is 6. The fourth-order valence-electron chi connectivity index (χ4n) is 3.23. The van der Waals surface area contributed by atoms with Gasteiger partial charge in [-0.1, -0.05) is 59.6 Å². The molecule has 0 fully saturated rings. The van der Waals surface area contributed by atoms with Crippen molar-refractivity contribution in [3.8, 4) is 11.5 Å². The molecule has 0 spiro atoms. The first-order valence-electron chi connectivity index (χ1n) is 9.88. The molecule has 4 rings (SSSR count). The summed E-state index contributed by atoms with van der Waals surface area (Å²) in [6, 6.07) is 18.9. The molecule has 1 heterocycles. The Labute approximate surface area is 195 Å². The van der Waals surface area contributed by atoms with Crippen LogP contribution in [0.25, 0.3) is 6.08 Å². The number of hydrogen-bond donors (Lipinski definition) is 0. The second-order valence-electron chi connectivity index (χ2n) is 6.93. The molecule has 0 saturated heterocycles. The number of carbonyl (C=O) groups is 2. The highest BCUT2D eigenvalue weighted by Gasteiger charge is 2.29. The van der Waals surface area contributed by atoms with Gasteiger partial charge in [-0.25, -0.2) is 4.79 Å². The number of hydrogen-bond acceptors (Lipinski definition) is 5. The Kier molecular flexibility index (Phi) is 6.49. The lowest BCUT2D eigenvalue weighted by Crippen LogP contribution is -2.21. The molecule has 0 aliphatic carbocycles. The highest BCUT2D eigenvalue weighted by atomic mass is 35.5. The van der Waals surface area contributed by atoms with Crippen molar-refractivity contribution in [1.29, 1.82) is 0 Å². The molecule has 7 heteroatoms. The molecular weight excluding hydrogens is 451 g/mol. The summed E-state index contributed by atoms with van der Waals surface area (Å²) in [5.74, 6) is 0.100. The van der Waals surface area contributed by atoms with Crippen LogP contribution in [0.4, 0.5) is 0 Å². The van der Waals surface area contributed by atoms with Crippen molar-refractivity contribution in [2.75, 3.05) is 6.61 Å². The first-order valence-corrected chi connectivity index (χ1v) is 10.6. The zero-order valence-corrected chi connectivity index (χ0v) is 18.5. The molecule has 0 N–H and O–H groups in total. The topological polar surface area (TPSA) is 61.8 Å². The molecule has 0 aromatic heterocycles. The average Bonchev–Trinajstić information content (AvgIpc) is 3.10. The van der Waals surface area contributed by atoms with Gasteiger partial charge in [0.1, 0.15) is 11.5 Å². The molecule has 1 aliphatic rings. The number of carbonyl (C=O) groups excluding carboxylic acids is 2. The third kappa shape index (κ3) is 4.64. The smallest absolute Gasteiger partial charge is 0.352 e. The number of ether oxygens (including phenoxy) is 3. The van der Waals surface area contributed by atoms with Gasteiger partial charge in [-0.15, -0.1) is 0 Å². The van der Waals surface area contributed by atoms with E-state index in [-0.39, 0.29) is 18.1 Å². The fourth-order valence-corrected chi connectivity index (χ4v) is 3.53. The van der Waals surface area contributed by atoms with Crippen molar-refractivity contribution in [3.63, 3.8) is 0 Å². The molecule has 1 aliphatic heterocycles. The summed E-state index contributed by atoms with van der Waals surface area (Å²) in [6.07, 6.45) is 0.647. The van der Waals surface area contributed by atoms with E-state index >= 15 is 0 Å². The normalized spacial score (nSPS) is 14.6. The monoisotopic (exact) mass is 468 g/mol. The Bertz CT molecular complexity index is 1200. The third-order valence-corrected chi connectivity index (χ3v) is 5.48. The Hall–Kier alpha value is -3.28. The zero-order valence-electron chi connectivity index (χ0n) is 17.0. The first-order chi connectivity index (χ1) is 15.5. The lowest BCUT2D eigenvalue weighted by atomic mass is 10.1. The van der Waals surface area contributed by atoms with Gasteiger partial charge in [0, 0.05) is 11.6 Å². The molecule has 32 heavy (non-hydrogen) atoms. The molecule has 0 bridgehead atoms. The van der Waals surface area contributed by atoms with E-state index < -0.39 is 12.1 Å². The van der Waals surface area contributed by atoms with Gasteiger partial charge < -0.3 is 14.2 Å². The van der Waals surface area contributed by atoms with Crippen molar-refractivity contribution in [2.45, 2.75) is 13.0 Å². The summed E-state index contributed by atoms with van der Waals surface area (Å²) in [4.78, 5) is 25.2. The molecule has 5 nitrogen and oxygen atoms in total. The predicted octanol–water partition coefficient (Wildman–Crippen LogP) is 6.29. The van der Waals surface area contributed by atoms with E-state index in [1.807, 2.05) is 18.2 Å². The Morgan fingerprint density at radius 2 is 1.81 bits per heavy atom. The number of esters is 1. The molecule has 1 atom stereocenters. The van der Waals surface area contributed by atoms with Crippen LogP contribution in [0.15, 0.2) is 72.5 Å². The quantitative estimate of drug-likeness (QED) is 0.314. The maximum Gasteiger partial charge on any atom is 0.352 e. The summed E-state index contributed by atoms with van der Waals surface area (Å²) >= 11 is 12.0. The van der Waals surface area contributed by atoms with Gasteiger partial charge in [0.15, 0.2) is 5.76 Å². The highest BCUT2D eigenvalue weighted by Crippen LogP contribution is 2.36. The molecule has 3 aromatic carbocycles. The van der Waals surface area contributed by atoms with Crippen molar-refractivity contribution in [2.24, 2.45) is 0 Å². The van der Waals surface area contributed by atoms with E-state index in [9.17, 15) is 9.59 Å². The van der Waals surface area contributed by atoms with Crippen LogP contribution in [-0.2, 0) is 9.53 Å². The first kappa shape index (κ1) is 21.9. The maximum atomic E-state index is 12.7. The van der Waals surface area contributed by atoms with E-state index in [2.05, 4.69) is 0 Å². The molecular formula is C25H18Cl2O5. The van der Waals surface area contributed by atoms with Crippen molar-refractivity contribution in [1.82, 2.24) is 0 Å². The second kappa shape index (κ2) is 9.47. The van der Waals surface area contributed by atoms with Crippen LogP contribution in [-0.4, -0.2) is 18.4 Å². The molecule has 0 radical (unpaired) electrons. The number of allylic oxidation sites excluding steroid dienone is 1. The molecule has 3 aromatic rings. The molecule has 1 unspecified atom stereocenters. The molecule has 162 valence electrons. The number of benzene rings is 3. The minimum Gasteiger partial charge on any atom is -0.474 e. The van der Waals surface area contributed by atoms with Crippen LogP contribution in [0.3, 0.4) is 0 Å². The van der Waals surface area contributed by atoms with Crippen molar-refractivity contribution >= 4 is 41.0 Å². The SMILES string of the molecule is CCOC(=O)C(Oc1ccc2c(c1)OC(=Cc1ccc(Cl)c(Cl)c1)C2=O)c1ccccc1. The molecule has 0 saturated carbocycles. The van der Waals surface area contributed by atoms with E-state index in [0.29, 0.717) is 38.2 Å². The van der Waals surface area contributed by atoms with Gasteiger partial charge in [0.25, 0.3) is 0 Å². The minimum absolute atomic E-state index is 0.153.